The number of hydrogen-bond donors (Lipinski definition) is 0. The third-order valence-corrected chi connectivity index (χ3v) is 5.94. The van der Waals surface area contributed by atoms with Crippen LogP contribution in [0.5, 0.6) is 0 Å². The van der Waals surface area contributed by atoms with Gasteiger partial charge in [-0.15, -0.1) is 0 Å². The van der Waals surface area contributed by atoms with Gasteiger partial charge >= 0.3 is 0 Å². The van der Waals surface area contributed by atoms with E-state index in [2.05, 4.69) is 18.7 Å². The van der Waals surface area contributed by atoms with Crippen molar-refractivity contribution < 1.29 is 8.42 Å². The van der Waals surface area contributed by atoms with Gasteiger partial charge in [-0.1, -0.05) is 26.0 Å². The van der Waals surface area contributed by atoms with Gasteiger partial charge in [0.05, 0.1) is 10.5 Å². The Morgan fingerprint density at radius 1 is 1.18 bits per heavy atom. The Labute approximate surface area is 133 Å². The highest BCUT2D eigenvalue weighted by atomic mass is 32.2. The van der Waals surface area contributed by atoms with E-state index in [1.165, 1.54) is 10.4 Å². The minimum absolute atomic E-state index is 0.119. The van der Waals surface area contributed by atoms with Crippen LogP contribution in [0.2, 0.25) is 0 Å². The van der Waals surface area contributed by atoms with Crippen LogP contribution in [0, 0.1) is 17.2 Å². The first kappa shape index (κ1) is 16.9. The first-order chi connectivity index (χ1) is 10.4. The second-order valence-corrected chi connectivity index (χ2v) is 7.94. The highest BCUT2D eigenvalue weighted by Gasteiger charge is 2.29. The maximum Gasteiger partial charge on any atom is 0.244 e. The van der Waals surface area contributed by atoms with Gasteiger partial charge in [0.15, 0.2) is 0 Å². The fourth-order valence-electron chi connectivity index (χ4n) is 2.56. The molecule has 0 N–H and O–H groups in total. The summed E-state index contributed by atoms with van der Waals surface area (Å²) in [4.78, 5) is 2.43. The van der Waals surface area contributed by atoms with Crippen LogP contribution in [0.1, 0.15) is 25.8 Å². The molecule has 1 saturated heterocycles. The van der Waals surface area contributed by atoms with Gasteiger partial charge in [-0.05, 0) is 31.0 Å². The van der Waals surface area contributed by atoms with Crippen LogP contribution in [0.3, 0.4) is 0 Å². The average Bonchev–Trinajstić information content (AvgIpc) is 2.53. The van der Waals surface area contributed by atoms with Crippen molar-refractivity contribution in [2.45, 2.75) is 25.2 Å². The number of nitriles is 1. The molecule has 120 valence electrons. The fraction of sp³-hybridized carbons (Fsp3) is 0.562. The first-order valence-electron chi connectivity index (χ1n) is 7.67. The predicted octanol–water partition coefficient (Wildman–Crippen LogP) is 1.91. The van der Waals surface area contributed by atoms with Crippen LogP contribution in [-0.4, -0.2) is 50.3 Å². The molecule has 0 radical (unpaired) electrons. The second-order valence-electron chi connectivity index (χ2n) is 6.04. The van der Waals surface area contributed by atoms with Gasteiger partial charge in [0.2, 0.25) is 10.0 Å². The molecule has 0 spiro atoms. The second kappa shape index (κ2) is 7.23. The van der Waals surface area contributed by atoms with Gasteiger partial charge in [0.1, 0.15) is 6.07 Å². The standard InChI is InChI=1S/C16H23N3O2S/c1-14(2)7-8-18-9-11-19(12-10-18)22(20,21)16-6-4-3-5-15(16)13-17/h3-6,14H,7-12H2,1-2H3. The highest BCUT2D eigenvalue weighted by molar-refractivity contribution is 7.89. The molecule has 0 unspecified atom stereocenters. The normalized spacial score (nSPS) is 17.5. The van der Waals surface area contributed by atoms with Crippen molar-refractivity contribution in [2.75, 3.05) is 32.7 Å². The van der Waals surface area contributed by atoms with Crippen molar-refractivity contribution in [1.82, 2.24) is 9.21 Å². The quantitative estimate of drug-likeness (QED) is 0.831. The molecule has 0 atom stereocenters. The van der Waals surface area contributed by atoms with E-state index in [9.17, 15) is 8.42 Å². The molecule has 1 aromatic rings. The van der Waals surface area contributed by atoms with Crippen molar-refractivity contribution in [3.8, 4) is 6.07 Å². The summed E-state index contributed by atoms with van der Waals surface area (Å²) in [7, 11) is -3.58. The van der Waals surface area contributed by atoms with Crippen LogP contribution in [0.4, 0.5) is 0 Å². The van der Waals surface area contributed by atoms with E-state index < -0.39 is 10.0 Å². The summed E-state index contributed by atoms with van der Waals surface area (Å²) in [6.07, 6.45) is 1.13. The van der Waals surface area contributed by atoms with Gasteiger partial charge in [0.25, 0.3) is 0 Å². The monoisotopic (exact) mass is 321 g/mol. The summed E-state index contributed by atoms with van der Waals surface area (Å²) in [5.74, 6) is 0.657. The van der Waals surface area contributed by atoms with E-state index in [0.717, 1.165) is 26.1 Å². The van der Waals surface area contributed by atoms with E-state index in [0.29, 0.717) is 19.0 Å². The molecule has 2 rings (SSSR count). The van der Waals surface area contributed by atoms with Crippen molar-refractivity contribution in [3.05, 3.63) is 29.8 Å². The highest BCUT2D eigenvalue weighted by Crippen LogP contribution is 2.21. The molecule has 6 heteroatoms. The Bertz CT molecular complexity index is 642. The first-order valence-corrected chi connectivity index (χ1v) is 9.11. The Balaban J connectivity index is 2.06. The number of piperazine rings is 1. The van der Waals surface area contributed by atoms with Gasteiger partial charge in [-0.3, -0.25) is 0 Å². The zero-order valence-corrected chi connectivity index (χ0v) is 14.0. The summed E-state index contributed by atoms with van der Waals surface area (Å²) >= 11 is 0. The lowest BCUT2D eigenvalue weighted by atomic mass is 10.1. The van der Waals surface area contributed by atoms with Gasteiger partial charge < -0.3 is 4.90 Å². The molecule has 1 fully saturated rings. The van der Waals surface area contributed by atoms with Crippen LogP contribution in [0.25, 0.3) is 0 Å². The Morgan fingerprint density at radius 2 is 1.82 bits per heavy atom. The Hall–Kier alpha value is -1.42. The molecule has 1 aromatic carbocycles. The molecule has 0 saturated carbocycles. The predicted molar refractivity (Wildman–Crippen MR) is 85.8 cm³/mol. The number of rotatable bonds is 5. The maximum absolute atomic E-state index is 12.7. The Morgan fingerprint density at radius 3 is 2.41 bits per heavy atom. The Kier molecular flexibility index (Phi) is 5.57. The topological polar surface area (TPSA) is 64.4 Å². The van der Waals surface area contributed by atoms with E-state index >= 15 is 0 Å². The summed E-state index contributed by atoms with van der Waals surface area (Å²) < 4.78 is 26.9. The van der Waals surface area contributed by atoms with Crippen molar-refractivity contribution in [1.29, 1.82) is 5.26 Å². The molecule has 22 heavy (non-hydrogen) atoms. The molecule has 5 nitrogen and oxygen atoms in total. The molecular weight excluding hydrogens is 298 g/mol. The number of benzene rings is 1. The lowest BCUT2D eigenvalue weighted by Gasteiger charge is -2.34. The van der Waals surface area contributed by atoms with Crippen LogP contribution in [0.15, 0.2) is 29.2 Å². The third kappa shape index (κ3) is 3.86. The molecular formula is C16H23N3O2S. The molecule has 0 bridgehead atoms. The third-order valence-electron chi connectivity index (χ3n) is 3.98. The smallest absolute Gasteiger partial charge is 0.244 e. The number of nitrogens with zero attached hydrogens (tertiary/aromatic N) is 3. The summed E-state index contributed by atoms with van der Waals surface area (Å²) in [6, 6.07) is 8.37. The molecule has 0 aromatic heterocycles. The zero-order chi connectivity index (χ0) is 16.2. The van der Waals surface area contributed by atoms with Crippen LogP contribution >= 0.6 is 0 Å². The molecule has 0 amide bonds. The van der Waals surface area contributed by atoms with Gasteiger partial charge in [-0.25, -0.2) is 8.42 Å². The van der Waals surface area contributed by atoms with Crippen molar-refractivity contribution >= 4 is 10.0 Å². The molecule has 1 aliphatic rings. The fourth-order valence-corrected chi connectivity index (χ4v) is 4.12. The minimum atomic E-state index is -3.58. The number of sulfonamides is 1. The molecule has 0 aliphatic carbocycles. The van der Waals surface area contributed by atoms with E-state index in [1.807, 2.05) is 6.07 Å². The number of hydrogen-bond acceptors (Lipinski definition) is 4. The van der Waals surface area contributed by atoms with E-state index in [4.69, 9.17) is 5.26 Å². The largest absolute Gasteiger partial charge is 0.301 e. The van der Waals surface area contributed by atoms with Crippen molar-refractivity contribution in [2.24, 2.45) is 5.92 Å². The SMILES string of the molecule is CC(C)CCN1CCN(S(=O)(=O)c2ccccc2C#N)CC1. The summed E-state index contributed by atoms with van der Waals surface area (Å²) in [5.41, 5.74) is 0.213. The van der Waals surface area contributed by atoms with Crippen molar-refractivity contribution in [3.63, 3.8) is 0 Å². The lowest BCUT2D eigenvalue weighted by molar-refractivity contribution is 0.180. The summed E-state index contributed by atoms with van der Waals surface area (Å²) in [5, 5.41) is 9.10. The average molecular weight is 321 g/mol. The van der Waals surface area contributed by atoms with Crippen LogP contribution < -0.4 is 0 Å². The van der Waals surface area contributed by atoms with E-state index in [-0.39, 0.29) is 10.5 Å². The van der Waals surface area contributed by atoms with Gasteiger partial charge in [-0.2, -0.15) is 9.57 Å². The van der Waals surface area contributed by atoms with Crippen LogP contribution in [-0.2, 0) is 10.0 Å². The lowest BCUT2D eigenvalue weighted by Crippen LogP contribution is -2.48. The summed E-state index contributed by atoms with van der Waals surface area (Å²) in [6.45, 7) is 7.88. The molecule has 1 aliphatic heterocycles. The maximum atomic E-state index is 12.7. The molecule has 1 heterocycles. The van der Waals surface area contributed by atoms with Gasteiger partial charge in [0, 0.05) is 26.2 Å². The minimum Gasteiger partial charge on any atom is -0.301 e. The zero-order valence-electron chi connectivity index (χ0n) is 13.2. The van der Waals surface area contributed by atoms with E-state index in [1.54, 1.807) is 18.2 Å².